The molecule has 19 heavy (non-hydrogen) atoms. The van der Waals surface area contributed by atoms with Crippen LogP contribution in [0.15, 0.2) is 42.5 Å². The summed E-state index contributed by atoms with van der Waals surface area (Å²) in [5, 5.41) is 0. The number of benzene rings is 2. The van der Waals surface area contributed by atoms with Gasteiger partial charge in [0, 0.05) is 6.04 Å². The van der Waals surface area contributed by atoms with Crippen LogP contribution in [0.1, 0.15) is 42.0 Å². The van der Waals surface area contributed by atoms with Crippen molar-refractivity contribution in [1.82, 2.24) is 0 Å². The first-order valence-corrected chi connectivity index (χ1v) is 7.28. The molecule has 0 heterocycles. The average Bonchev–Trinajstić information content (AvgIpc) is 3.16. The van der Waals surface area contributed by atoms with Crippen LogP contribution in [-0.4, -0.2) is 0 Å². The Morgan fingerprint density at radius 3 is 2.63 bits per heavy atom. The summed E-state index contributed by atoms with van der Waals surface area (Å²) in [6.45, 7) is 0. The van der Waals surface area contributed by atoms with Gasteiger partial charge >= 0.3 is 0 Å². The lowest BCUT2D eigenvalue weighted by molar-refractivity contribution is 0.597. The summed E-state index contributed by atoms with van der Waals surface area (Å²) in [5.41, 5.74) is 13.4. The molecule has 1 heteroatoms. The van der Waals surface area contributed by atoms with Crippen LogP contribution in [0, 0.1) is 5.92 Å². The van der Waals surface area contributed by atoms with Gasteiger partial charge in [0.15, 0.2) is 0 Å². The highest BCUT2D eigenvalue weighted by Crippen LogP contribution is 2.40. The lowest BCUT2D eigenvalue weighted by Crippen LogP contribution is -2.11. The van der Waals surface area contributed by atoms with E-state index in [1.54, 1.807) is 0 Å². The van der Waals surface area contributed by atoms with Crippen LogP contribution in [0.2, 0.25) is 0 Å². The predicted octanol–water partition coefficient (Wildman–Crippen LogP) is 4.06. The van der Waals surface area contributed by atoms with Crippen molar-refractivity contribution in [3.8, 4) is 11.1 Å². The van der Waals surface area contributed by atoms with E-state index >= 15 is 0 Å². The summed E-state index contributed by atoms with van der Waals surface area (Å²) in [4.78, 5) is 0. The van der Waals surface area contributed by atoms with Crippen molar-refractivity contribution in [2.45, 2.75) is 31.7 Å². The van der Waals surface area contributed by atoms with Crippen LogP contribution in [-0.2, 0) is 6.42 Å². The fourth-order valence-corrected chi connectivity index (χ4v) is 3.24. The molecule has 1 atom stereocenters. The molecule has 1 nitrogen and oxygen atoms in total. The molecular formula is C18H19N. The Kier molecular flexibility index (Phi) is 2.49. The molecular weight excluding hydrogens is 230 g/mol. The average molecular weight is 249 g/mol. The first-order valence-electron chi connectivity index (χ1n) is 7.28. The minimum absolute atomic E-state index is 0.224. The van der Waals surface area contributed by atoms with Crippen LogP contribution in [0.25, 0.3) is 11.1 Å². The number of rotatable bonds is 3. The Morgan fingerprint density at radius 2 is 1.79 bits per heavy atom. The Labute approximate surface area is 114 Å². The summed E-state index contributed by atoms with van der Waals surface area (Å²) in [6.07, 6.45) is 4.98. The molecule has 0 saturated heterocycles. The summed E-state index contributed by atoms with van der Waals surface area (Å²) < 4.78 is 0. The molecule has 0 radical (unpaired) electrons. The molecule has 2 aromatic carbocycles. The molecule has 2 N–H and O–H groups in total. The van der Waals surface area contributed by atoms with Gasteiger partial charge in [-0.05, 0) is 46.6 Å². The van der Waals surface area contributed by atoms with Gasteiger partial charge in [0.25, 0.3) is 0 Å². The third-order valence-corrected chi connectivity index (χ3v) is 4.53. The van der Waals surface area contributed by atoms with E-state index in [0.29, 0.717) is 0 Å². The molecule has 1 saturated carbocycles. The van der Waals surface area contributed by atoms with Gasteiger partial charge in [-0.2, -0.15) is 0 Å². The van der Waals surface area contributed by atoms with Crippen LogP contribution in [0.4, 0.5) is 0 Å². The largest absolute Gasteiger partial charge is 0.324 e. The molecule has 2 aliphatic carbocycles. The zero-order valence-corrected chi connectivity index (χ0v) is 11.1. The SMILES string of the molecule is N[C@@H](CC1CC1)c1ccc2c(c1)Cc1ccccc1-2. The van der Waals surface area contributed by atoms with Crippen LogP contribution in [0.5, 0.6) is 0 Å². The van der Waals surface area contributed by atoms with Crippen LogP contribution in [0.3, 0.4) is 0 Å². The van der Waals surface area contributed by atoms with Crippen molar-refractivity contribution in [1.29, 1.82) is 0 Å². The van der Waals surface area contributed by atoms with Crippen molar-refractivity contribution >= 4 is 0 Å². The van der Waals surface area contributed by atoms with E-state index in [1.807, 2.05) is 0 Å². The summed E-state index contributed by atoms with van der Waals surface area (Å²) in [7, 11) is 0. The molecule has 0 amide bonds. The maximum absolute atomic E-state index is 6.34. The first-order chi connectivity index (χ1) is 9.31. The lowest BCUT2D eigenvalue weighted by Gasteiger charge is -2.13. The second kappa shape index (κ2) is 4.21. The molecule has 0 bridgehead atoms. The number of hydrogen-bond donors (Lipinski definition) is 1. The van der Waals surface area contributed by atoms with Gasteiger partial charge in [-0.25, -0.2) is 0 Å². The lowest BCUT2D eigenvalue weighted by atomic mass is 9.97. The van der Waals surface area contributed by atoms with E-state index < -0.39 is 0 Å². The van der Waals surface area contributed by atoms with E-state index in [-0.39, 0.29) is 6.04 Å². The van der Waals surface area contributed by atoms with Gasteiger partial charge in [0.05, 0.1) is 0 Å². The van der Waals surface area contributed by atoms with E-state index in [1.165, 1.54) is 40.7 Å². The van der Waals surface area contributed by atoms with Crippen molar-refractivity contribution in [2.75, 3.05) is 0 Å². The minimum atomic E-state index is 0.224. The summed E-state index contributed by atoms with van der Waals surface area (Å²) >= 11 is 0. The smallest absolute Gasteiger partial charge is 0.0297 e. The maximum atomic E-state index is 6.34. The Hall–Kier alpha value is -1.60. The number of fused-ring (bicyclic) bond motifs is 3. The van der Waals surface area contributed by atoms with E-state index in [2.05, 4.69) is 42.5 Å². The third kappa shape index (κ3) is 1.98. The summed E-state index contributed by atoms with van der Waals surface area (Å²) in [6, 6.07) is 15.8. The second-order valence-corrected chi connectivity index (χ2v) is 6.04. The van der Waals surface area contributed by atoms with Crippen molar-refractivity contribution < 1.29 is 0 Å². The molecule has 0 unspecified atom stereocenters. The van der Waals surface area contributed by atoms with Gasteiger partial charge in [-0.1, -0.05) is 55.3 Å². The third-order valence-electron chi connectivity index (χ3n) is 4.53. The Morgan fingerprint density at radius 1 is 1.00 bits per heavy atom. The fraction of sp³-hybridized carbons (Fsp3) is 0.333. The molecule has 0 aromatic heterocycles. The maximum Gasteiger partial charge on any atom is 0.0297 e. The minimum Gasteiger partial charge on any atom is -0.324 e. The highest BCUT2D eigenvalue weighted by atomic mass is 14.6. The first kappa shape index (κ1) is 11.2. The predicted molar refractivity (Wildman–Crippen MR) is 79.0 cm³/mol. The molecule has 4 rings (SSSR count). The monoisotopic (exact) mass is 249 g/mol. The molecule has 0 aliphatic heterocycles. The molecule has 1 fully saturated rings. The van der Waals surface area contributed by atoms with Crippen molar-refractivity contribution in [3.05, 3.63) is 59.2 Å². The van der Waals surface area contributed by atoms with Crippen LogP contribution < -0.4 is 5.73 Å². The molecule has 0 spiro atoms. The van der Waals surface area contributed by atoms with E-state index in [4.69, 9.17) is 5.73 Å². The second-order valence-electron chi connectivity index (χ2n) is 6.04. The molecule has 96 valence electrons. The number of nitrogens with two attached hydrogens (primary N) is 1. The quantitative estimate of drug-likeness (QED) is 0.744. The molecule has 2 aliphatic rings. The summed E-state index contributed by atoms with van der Waals surface area (Å²) in [5.74, 6) is 0.889. The van der Waals surface area contributed by atoms with Gasteiger partial charge in [0.1, 0.15) is 0 Å². The van der Waals surface area contributed by atoms with Crippen molar-refractivity contribution in [3.63, 3.8) is 0 Å². The Balaban J connectivity index is 1.67. The zero-order valence-electron chi connectivity index (χ0n) is 11.1. The Bertz CT molecular complexity index is 625. The molecule has 2 aromatic rings. The van der Waals surface area contributed by atoms with Crippen LogP contribution >= 0.6 is 0 Å². The van der Waals surface area contributed by atoms with E-state index in [0.717, 1.165) is 18.8 Å². The number of hydrogen-bond acceptors (Lipinski definition) is 1. The van der Waals surface area contributed by atoms with E-state index in [9.17, 15) is 0 Å². The van der Waals surface area contributed by atoms with Gasteiger partial charge in [-0.15, -0.1) is 0 Å². The van der Waals surface area contributed by atoms with Crippen molar-refractivity contribution in [2.24, 2.45) is 11.7 Å². The van der Waals surface area contributed by atoms with Gasteiger partial charge in [-0.3, -0.25) is 0 Å². The topological polar surface area (TPSA) is 26.0 Å². The standard InChI is InChI=1S/C18H19N/c19-18(9-12-5-6-12)14-7-8-17-15(11-14)10-13-3-1-2-4-16(13)17/h1-4,7-8,11-12,18H,5-6,9-10,19H2/t18-/m0/s1. The fourth-order valence-electron chi connectivity index (χ4n) is 3.24. The van der Waals surface area contributed by atoms with Gasteiger partial charge in [0.2, 0.25) is 0 Å². The van der Waals surface area contributed by atoms with Gasteiger partial charge < -0.3 is 5.73 Å². The highest BCUT2D eigenvalue weighted by molar-refractivity contribution is 5.76. The highest BCUT2D eigenvalue weighted by Gasteiger charge is 2.25. The zero-order chi connectivity index (χ0) is 12.8. The normalized spacial score (nSPS) is 17.9.